The molecule has 1 aliphatic rings. The molecule has 3 N–H and O–H groups in total. The number of amides is 2. The quantitative estimate of drug-likeness (QED) is 0.844. The number of aromatic hydroxyl groups is 1. The van der Waals surface area contributed by atoms with E-state index in [2.05, 4.69) is 15.9 Å². The molecule has 2 aromatic rings. The molecule has 0 saturated heterocycles. The van der Waals surface area contributed by atoms with Gasteiger partial charge in [0.15, 0.2) is 0 Å². The molecule has 118 valence electrons. The zero-order valence-electron chi connectivity index (χ0n) is 12.2. The maximum absolute atomic E-state index is 12.8. The van der Waals surface area contributed by atoms with Gasteiger partial charge in [0.25, 0.3) is 5.91 Å². The van der Waals surface area contributed by atoms with Gasteiger partial charge in [-0.1, -0.05) is 40.2 Å². The molecule has 0 saturated carbocycles. The molecule has 6 heteroatoms. The fourth-order valence-corrected chi connectivity index (χ4v) is 3.19. The van der Waals surface area contributed by atoms with Crippen LogP contribution >= 0.6 is 15.9 Å². The maximum atomic E-state index is 12.8. The second kappa shape index (κ2) is 6.04. The summed E-state index contributed by atoms with van der Waals surface area (Å²) in [4.78, 5) is 26.1. The van der Waals surface area contributed by atoms with E-state index in [-0.39, 0.29) is 17.9 Å². The lowest BCUT2D eigenvalue weighted by Gasteiger charge is -2.35. The lowest BCUT2D eigenvalue weighted by molar-refractivity contribution is -0.122. The lowest BCUT2D eigenvalue weighted by atomic mass is 9.93. The van der Waals surface area contributed by atoms with Crippen molar-refractivity contribution in [2.75, 3.05) is 0 Å². The van der Waals surface area contributed by atoms with Gasteiger partial charge >= 0.3 is 0 Å². The van der Waals surface area contributed by atoms with Gasteiger partial charge in [-0.3, -0.25) is 9.59 Å². The minimum atomic E-state index is -0.726. The Bertz CT molecular complexity index is 791. The van der Waals surface area contributed by atoms with Crippen molar-refractivity contribution in [3.63, 3.8) is 0 Å². The number of carbonyl (C=O) groups excluding carboxylic acids is 2. The second-order valence-electron chi connectivity index (χ2n) is 5.49. The molecule has 23 heavy (non-hydrogen) atoms. The molecule has 0 aromatic heterocycles. The second-order valence-corrected chi connectivity index (χ2v) is 6.40. The summed E-state index contributed by atoms with van der Waals surface area (Å²) < 4.78 is 0.673. The zero-order chi connectivity index (χ0) is 16.6. The van der Waals surface area contributed by atoms with E-state index in [1.54, 1.807) is 6.07 Å². The van der Waals surface area contributed by atoms with Gasteiger partial charge in [-0.15, -0.1) is 0 Å². The van der Waals surface area contributed by atoms with Crippen molar-refractivity contribution in [2.24, 2.45) is 5.73 Å². The summed E-state index contributed by atoms with van der Waals surface area (Å²) in [5.74, 6) is -1.09. The highest BCUT2D eigenvalue weighted by molar-refractivity contribution is 9.10. The smallest absolute Gasteiger partial charge is 0.258 e. The molecule has 0 unspecified atom stereocenters. The van der Waals surface area contributed by atoms with Crippen molar-refractivity contribution < 1.29 is 14.7 Å². The third-order valence-electron chi connectivity index (χ3n) is 4.03. The van der Waals surface area contributed by atoms with Crippen molar-refractivity contribution >= 4 is 27.7 Å². The Morgan fingerprint density at radius 2 is 1.87 bits per heavy atom. The van der Waals surface area contributed by atoms with Crippen LogP contribution < -0.4 is 5.73 Å². The number of benzene rings is 2. The van der Waals surface area contributed by atoms with Gasteiger partial charge in [0.05, 0.1) is 5.56 Å². The summed E-state index contributed by atoms with van der Waals surface area (Å²) in [6.45, 7) is 0.286. The first-order valence-electron chi connectivity index (χ1n) is 7.13. The zero-order valence-corrected chi connectivity index (χ0v) is 13.8. The first-order chi connectivity index (χ1) is 11.0. The van der Waals surface area contributed by atoms with Gasteiger partial charge in [0.2, 0.25) is 5.91 Å². The van der Waals surface area contributed by atoms with E-state index in [1.807, 2.05) is 24.3 Å². The topological polar surface area (TPSA) is 83.6 Å². The third-order valence-corrected chi connectivity index (χ3v) is 4.52. The van der Waals surface area contributed by atoms with Gasteiger partial charge in [-0.05, 0) is 29.3 Å². The van der Waals surface area contributed by atoms with Crippen LogP contribution in [-0.2, 0) is 17.8 Å². The molecule has 5 nitrogen and oxygen atoms in total. The number of rotatable bonds is 2. The van der Waals surface area contributed by atoms with Gasteiger partial charge in [-0.25, -0.2) is 0 Å². The molecule has 2 amide bonds. The molecule has 0 aliphatic carbocycles. The molecular formula is C17H15BrN2O3. The molecule has 1 atom stereocenters. The SMILES string of the molecule is NC(=O)[C@@H]1Cc2ccccc2CN1C(=O)c1cc(Br)ccc1O. The molecule has 0 radical (unpaired) electrons. The number of phenolic OH excluding ortho intramolecular Hbond substituents is 1. The van der Waals surface area contributed by atoms with Gasteiger partial charge < -0.3 is 15.7 Å². The Hall–Kier alpha value is -2.34. The molecule has 2 aromatic carbocycles. The summed E-state index contributed by atoms with van der Waals surface area (Å²) >= 11 is 3.28. The molecule has 1 aliphatic heterocycles. The molecule has 3 rings (SSSR count). The number of nitrogens with two attached hydrogens (primary N) is 1. The van der Waals surface area contributed by atoms with Crippen LogP contribution in [0.3, 0.4) is 0 Å². The van der Waals surface area contributed by atoms with E-state index >= 15 is 0 Å². The van der Waals surface area contributed by atoms with Crippen LogP contribution in [0.4, 0.5) is 0 Å². The summed E-state index contributed by atoms with van der Waals surface area (Å²) in [6.07, 6.45) is 0.381. The van der Waals surface area contributed by atoms with Crippen molar-refractivity contribution in [3.05, 3.63) is 63.6 Å². The fourth-order valence-electron chi connectivity index (χ4n) is 2.82. The first kappa shape index (κ1) is 15.6. The number of primary amides is 1. The molecule has 0 bridgehead atoms. The maximum Gasteiger partial charge on any atom is 0.258 e. The summed E-state index contributed by atoms with van der Waals surface area (Å²) in [5, 5.41) is 9.97. The minimum Gasteiger partial charge on any atom is -0.507 e. The van der Waals surface area contributed by atoms with E-state index in [4.69, 9.17) is 5.73 Å². The highest BCUT2D eigenvalue weighted by Crippen LogP contribution is 2.28. The first-order valence-corrected chi connectivity index (χ1v) is 7.92. The highest BCUT2D eigenvalue weighted by Gasteiger charge is 2.34. The van der Waals surface area contributed by atoms with Gasteiger partial charge in [0.1, 0.15) is 11.8 Å². The summed E-state index contributed by atoms with van der Waals surface area (Å²) in [5.41, 5.74) is 7.63. The van der Waals surface area contributed by atoms with Gasteiger partial charge in [0, 0.05) is 17.4 Å². The van der Waals surface area contributed by atoms with Crippen LogP contribution in [-0.4, -0.2) is 27.9 Å². The van der Waals surface area contributed by atoms with Crippen molar-refractivity contribution in [2.45, 2.75) is 19.0 Å². The number of halogens is 1. The van der Waals surface area contributed by atoms with Crippen molar-refractivity contribution in [1.29, 1.82) is 0 Å². The Labute approximate surface area is 141 Å². The number of nitrogens with zero attached hydrogens (tertiary/aromatic N) is 1. The van der Waals surface area contributed by atoms with E-state index < -0.39 is 17.9 Å². The molecule has 0 fully saturated rings. The van der Waals surface area contributed by atoms with Gasteiger partial charge in [-0.2, -0.15) is 0 Å². The lowest BCUT2D eigenvalue weighted by Crippen LogP contribution is -2.51. The predicted octanol–water partition coefficient (Wildman–Crippen LogP) is 2.21. The van der Waals surface area contributed by atoms with E-state index in [1.165, 1.54) is 17.0 Å². The van der Waals surface area contributed by atoms with Crippen LogP contribution in [0.15, 0.2) is 46.9 Å². The normalized spacial score (nSPS) is 16.7. The van der Waals surface area contributed by atoms with E-state index in [0.717, 1.165) is 11.1 Å². The average molecular weight is 375 g/mol. The van der Waals surface area contributed by atoms with Crippen LogP contribution in [0.2, 0.25) is 0 Å². The Morgan fingerprint density at radius 1 is 1.17 bits per heavy atom. The van der Waals surface area contributed by atoms with Crippen LogP contribution in [0.5, 0.6) is 5.75 Å². The summed E-state index contributed by atoms with van der Waals surface area (Å²) in [7, 11) is 0. The minimum absolute atomic E-state index is 0.125. The average Bonchev–Trinajstić information content (AvgIpc) is 2.55. The number of fused-ring (bicyclic) bond motifs is 1. The third kappa shape index (κ3) is 2.94. The predicted molar refractivity (Wildman–Crippen MR) is 88.8 cm³/mol. The van der Waals surface area contributed by atoms with Crippen LogP contribution in [0.25, 0.3) is 0 Å². The number of hydrogen-bond acceptors (Lipinski definition) is 3. The standard InChI is InChI=1S/C17H15BrN2O3/c18-12-5-6-15(21)13(8-12)17(23)20-9-11-4-2-1-3-10(11)7-14(20)16(19)22/h1-6,8,14,21H,7,9H2,(H2,19,22)/t14-/m0/s1. The largest absolute Gasteiger partial charge is 0.507 e. The molecule has 0 spiro atoms. The number of carbonyl (C=O) groups is 2. The Kier molecular flexibility index (Phi) is 4.09. The number of hydrogen-bond donors (Lipinski definition) is 2. The fraction of sp³-hybridized carbons (Fsp3) is 0.176. The van der Waals surface area contributed by atoms with E-state index in [9.17, 15) is 14.7 Å². The Balaban J connectivity index is 2.01. The molecule has 1 heterocycles. The highest BCUT2D eigenvalue weighted by atomic mass is 79.9. The molecular weight excluding hydrogens is 360 g/mol. The van der Waals surface area contributed by atoms with Crippen molar-refractivity contribution in [3.8, 4) is 5.75 Å². The summed E-state index contributed by atoms with van der Waals surface area (Å²) in [6, 6.07) is 11.5. The monoisotopic (exact) mass is 374 g/mol. The van der Waals surface area contributed by atoms with Crippen LogP contribution in [0, 0.1) is 0 Å². The Morgan fingerprint density at radius 3 is 2.57 bits per heavy atom. The van der Waals surface area contributed by atoms with E-state index in [0.29, 0.717) is 10.9 Å². The number of phenols is 1. The van der Waals surface area contributed by atoms with Crippen LogP contribution in [0.1, 0.15) is 21.5 Å². The van der Waals surface area contributed by atoms with Crippen molar-refractivity contribution in [1.82, 2.24) is 4.90 Å².